The monoisotopic (exact) mass is 291 g/mol. The van der Waals surface area contributed by atoms with E-state index in [9.17, 15) is 9.59 Å². The third kappa shape index (κ3) is 4.84. The molecule has 0 radical (unpaired) electrons. The number of anilines is 1. The normalized spacial score (nSPS) is 15.5. The number of nitrogens with one attached hydrogen (secondary N) is 2. The van der Waals surface area contributed by atoms with Crippen LogP contribution < -0.4 is 10.6 Å². The van der Waals surface area contributed by atoms with Gasteiger partial charge in [0.15, 0.2) is 0 Å². The standard InChI is InChI=1S/C15H21N3O3/c1-16-15(20)12-3-2-4-13(11-12)17-14(19)5-6-18-7-9-21-10-8-18/h2-4,11H,5-10H2,1H3,(H,16,20)(H,17,19). The first-order chi connectivity index (χ1) is 10.2. The second-order valence-corrected chi connectivity index (χ2v) is 4.91. The zero-order valence-electron chi connectivity index (χ0n) is 12.2. The first kappa shape index (κ1) is 15.5. The van der Waals surface area contributed by atoms with Crippen molar-refractivity contribution in [1.82, 2.24) is 10.2 Å². The Kier molecular flexibility index (Phi) is 5.71. The number of hydrogen-bond acceptors (Lipinski definition) is 4. The van der Waals surface area contributed by atoms with E-state index in [2.05, 4.69) is 15.5 Å². The summed E-state index contributed by atoms with van der Waals surface area (Å²) in [5, 5.41) is 5.38. The lowest BCUT2D eigenvalue weighted by atomic mass is 10.2. The highest BCUT2D eigenvalue weighted by molar-refractivity contribution is 5.97. The largest absolute Gasteiger partial charge is 0.379 e. The molecular formula is C15H21N3O3. The van der Waals surface area contributed by atoms with Crippen LogP contribution in [0, 0.1) is 0 Å². The molecule has 2 amide bonds. The molecule has 21 heavy (non-hydrogen) atoms. The quantitative estimate of drug-likeness (QED) is 0.838. The van der Waals surface area contributed by atoms with Crippen molar-refractivity contribution in [3.8, 4) is 0 Å². The van der Waals surface area contributed by atoms with Gasteiger partial charge in [0, 0.05) is 44.4 Å². The molecule has 6 heteroatoms. The molecule has 0 bridgehead atoms. The SMILES string of the molecule is CNC(=O)c1cccc(NC(=O)CCN2CCOCC2)c1. The summed E-state index contributed by atoms with van der Waals surface area (Å²) in [6.45, 7) is 3.94. The molecule has 2 N–H and O–H groups in total. The van der Waals surface area contributed by atoms with Gasteiger partial charge in [-0.25, -0.2) is 0 Å². The number of carbonyl (C=O) groups is 2. The average Bonchev–Trinajstić information content (AvgIpc) is 2.53. The van der Waals surface area contributed by atoms with Crippen molar-refractivity contribution >= 4 is 17.5 Å². The van der Waals surface area contributed by atoms with Gasteiger partial charge in [-0.3, -0.25) is 14.5 Å². The van der Waals surface area contributed by atoms with Crippen LogP contribution in [0.25, 0.3) is 0 Å². The molecule has 114 valence electrons. The van der Waals surface area contributed by atoms with Crippen LogP contribution in [0.4, 0.5) is 5.69 Å². The Labute approximate surface area is 124 Å². The van der Waals surface area contributed by atoms with E-state index < -0.39 is 0 Å². The Morgan fingerprint density at radius 2 is 2.05 bits per heavy atom. The lowest BCUT2D eigenvalue weighted by Crippen LogP contribution is -2.38. The van der Waals surface area contributed by atoms with E-state index in [0.29, 0.717) is 17.7 Å². The minimum absolute atomic E-state index is 0.0458. The molecule has 1 aromatic rings. The molecule has 0 unspecified atom stereocenters. The van der Waals surface area contributed by atoms with Gasteiger partial charge in [-0.1, -0.05) is 6.07 Å². The summed E-state index contributed by atoms with van der Waals surface area (Å²) in [6, 6.07) is 6.91. The maximum atomic E-state index is 11.9. The van der Waals surface area contributed by atoms with E-state index in [1.54, 1.807) is 31.3 Å². The highest BCUT2D eigenvalue weighted by Gasteiger charge is 2.12. The van der Waals surface area contributed by atoms with Gasteiger partial charge in [-0.2, -0.15) is 0 Å². The Morgan fingerprint density at radius 1 is 1.29 bits per heavy atom. The van der Waals surface area contributed by atoms with Gasteiger partial charge in [-0.05, 0) is 18.2 Å². The zero-order chi connectivity index (χ0) is 15.1. The van der Waals surface area contributed by atoms with Crippen molar-refractivity contribution in [2.45, 2.75) is 6.42 Å². The maximum Gasteiger partial charge on any atom is 0.251 e. The number of hydrogen-bond donors (Lipinski definition) is 2. The van der Waals surface area contributed by atoms with Gasteiger partial charge in [0.1, 0.15) is 0 Å². The van der Waals surface area contributed by atoms with Crippen molar-refractivity contribution in [1.29, 1.82) is 0 Å². The van der Waals surface area contributed by atoms with Gasteiger partial charge >= 0.3 is 0 Å². The number of carbonyl (C=O) groups excluding carboxylic acids is 2. The summed E-state index contributed by atoms with van der Waals surface area (Å²) < 4.78 is 5.27. The Morgan fingerprint density at radius 3 is 2.76 bits per heavy atom. The lowest BCUT2D eigenvalue weighted by Gasteiger charge is -2.26. The number of ether oxygens (including phenoxy) is 1. The molecular weight excluding hydrogens is 270 g/mol. The van der Waals surface area contributed by atoms with E-state index in [0.717, 1.165) is 32.8 Å². The predicted octanol–water partition coefficient (Wildman–Crippen LogP) is 0.707. The number of rotatable bonds is 5. The van der Waals surface area contributed by atoms with E-state index >= 15 is 0 Å². The molecule has 1 aliphatic heterocycles. The van der Waals surface area contributed by atoms with E-state index in [-0.39, 0.29) is 11.8 Å². The second kappa shape index (κ2) is 7.75. The van der Waals surface area contributed by atoms with Crippen LogP contribution in [0.5, 0.6) is 0 Å². The van der Waals surface area contributed by atoms with E-state index in [1.807, 2.05) is 0 Å². The summed E-state index contributed by atoms with van der Waals surface area (Å²) in [6.07, 6.45) is 0.435. The van der Waals surface area contributed by atoms with Crippen LogP contribution in [0.15, 0.2) is 24.3 Å². The molecule has 1 aromatic carbocycles. The lowest BCUT2D eigenvalue weighted by molar-refractivity contribution is -0.116. The van der Waals surface area contributed by atoms with Gasteiger partial charge in [0.2, 0.25) is 5.91 Å². The van der Waals surface area contributed by atoms with Crippen LogP contribution in [0.2, 0.25) is 0 Å². The molecule has 1 aliphatic rings. The highest BCUT2D eigenvalue weighted by Crippen LogP contribution is 2.11. The van der Waals surface area contributed by atoms with Crippen LogP contribution >= 0.6 is 0 Å². The first-order valence-electron chi connectivity index (χ1n) is 7.11. The maximum absolute atomic E-state index is 11.9. The molecule has 0 atom stereocenters. The minimum Gasteiger partial charge on any atom is -0.379 e. The highest BCUT2D eigenvalue weighted by atomic mass is 16.5. The average molecular weight is 291 g/mol. The van der Waals surface area contributed by atoms with E-state index in [1.165, 1.54) is 0 Å². The third-order valence-electron chi connectivity index (χ3n) is 3.39. The summed E-state index contributed by atoms with van der Waals surface area (Å²) in [7, 11) is 1.58. The zero-order valence-corrected chi connectivity index (χ0v) is 12.2. The Hall–Kier alpha value is -1.92. The van der Waals surface area contributed by atoms with Gasteiger partial charge < -0.3 is 15.4 Å². The van der Waals surface area contributed by atoms with Crippen LogP contribution in [0.3, 0.4) is 0 Å². The van der Waals surface area contributed by atoms with Crippen molar-refractivity contribution in [3.63, 3.8) is 0 Å². The van der Waals surface area contributed by atoms with Crippen molar-refractivity contribution in [3.05, 3.63) is 29.8 Å². The predicted molar refractivity (Wildman–Crippen MR) is 80.3 cm³/mol. The van der Waals surface area contributed by atoms with Crippen molar-refractivity contribution < 1.29 is 14.3 Å². The van der Waals surface area contributed by atoms with Gasteiger partial charge in [0.05, 0.1) is 13.2 Å². The Balaban J connectivity index is 1.83. The molecule has 0 aromatic heterocycles. The first-order valence-corrected chi connectivity index (χ1v) is 7.11. The Bertz CT molecular complexity index is 499. The molecule has 2 rings (SSSR count). The molecule has 6 nitrogen and oxygen atoms in total. The van der Waals surface area contributed by atoms with E-state index in [4.69, 9.17) is 4.74 Å². The molecule has 1 saturated heterocycles. The molecule has 1 fully saturated rings. The summed E-state index contributed by atoms with van der Waals surface area (Å²) in [4.78, 5) is 25.7. The van der Waals surface area contributed by atoms with Gasteiger partial charge in [-0.15, -0.1) is 0 Å². The molecule has 0 spiro atoms. The number of morpholine rings is 1. The number of nitrogens with zero attached hydrogens (tertiary/aromatic N) is 1. The van der Waals surface area contributed by atoms with Gasteiger partial charge in [0.25, 0.3) is 5.91 Å². The summed E-state index contributed by atoms with van der Waals surface area (Å²) in [5.41, 5.74) is 1.17. The van der Waals surface area contributed by atoms with Crippen LogP contribution in [-0.4, -0.2) is 56.6 Å². The molecule has 0 aliphatic carbocycles. The minimum atomic E-state index is -0.167. The molecule has 1 heterocycles. The fourth-order valence-electron chi connectivity index (χ4n) is 2.19. The second-order valence-electron chi connectivity index (χ2n) is 4.91. The topological polar surface area (TPSA) is 70.7 Å². The third-order valence-corrected chi connectivity index (χ3v) is 3.39. The molecule has 0 saturated carbocycles. The fraction of sp³-hybridized carbons (Fsp3) is 0.467. The fourth-order valence-corrected chi connectivity index (χ4v) is 2.19. The summed E-state index contributed by atoms with van der Waals surface area (Å²) in [5.74, 6) is -0.213. The van der Waals surface area contributed by atoms with Crippen LogP contribution in [0.1, 0.15) is 16.8 Å². The van der Waals surface area contributed by atoms with Crippen molar-refractivity contribution in [2.75, 3.05) is 45.2 Å². The number of benzene rings is 1. The summed E-state index contributed by atoms with van der Waals surface area (Å²) >= 11 is 0. The smallest absolute Gasteiger partial charge is 0.251 e. The van der Waals surface area contributed by atoms with Crippen molar-refractivity contribution in [2.24, 2.45) is 0 Å². The van der Waals surface area contributed by atoms with Crippen LogP contribution in [-0.2, 0) is 9.53 Å². The number of amides is 2.